The van der Waals surface area contributed by atoms with E-state index in [9.17, 15) is 24.5 Å². The fraction of sp³-hybridized carbons (Fsp3) is 0.167. The molecule has 1 atom stereocenters. The van der Waals surface area contributed by atoms with E-state index in [-0.39, 0.29) is 21.4 Å². The van der Waals surface area contributed by atoms with Gasteiger partial charge in [-0.25, -0.2) is 9.79 Å². The molecule has 4 rings (SSSR count). The zero-order valence-electron chi connectivity index (χ0n) is 18.9. The number of fused-ring (bicyclic) bond motifs is 1. The van der Waals surface area contributed by atoms with Gasteiger partial charge in [0.15, 0.2) is 4.80 Å². The number of nitro benzene ring substituents is 1. The van der Waals surface area contributed by atoms with Crippen LogP contribution in [0.1, 0.15) is 31.0 Å². The Hall–Kier alpha value is -4.38. The largest absolute Gasteiger partial charge is 0.466 e. The highest BCUT2D eigenvalue weighted by Gasteiger charge is 2.33. The number of allylic oxidation sites excluding steroid dienone is 1. The molecule has 11 heteroatoms. The molecule has 1 aliphatic rings. The average Bonchev–Trinajstić information content (AvgIpc) is 3.12. The Kier molecular flexibility index (Phi) is 6.43. The molecule has 1 aliphatic heterocycles. The van der Waals surface area contributed by atoms with Crippen molar-refractivity contribution >= 4 is 35.0 Å². The SMILES string of the molecule is COC(=O)C1=C(C)N=c2s/c(=C/c3ccccc3[N+](=O)[O-])c(=O)n2[C@@H]1c1ccc(OC(C)=O)cc1. The number of benzene rings is 2. The number of thiazole rings is 1. The summed E-state index contributed by atoms with van der Waals surface area (Å²) in [5.74, 6) is -0.814. The molecule has 0 unspecified atom stereocenters. The number of carbonyl (C=O) groups is 2. The minimum Gasteiger partial charge on any atom is -0.466 e. The van der Waals surface area contributed by atoms with E-state index in [1.807, 2.05) is 0 Å². The maximum absolute atomic E-state index is 13.5. The fourth-order valence-electron chi connectivity index (χ4n) is 3.81. The number of esters is 2. The van der Waals surface area contributed by atoms with Gasteiger partial charge in [0.2, 0.25) is 0 Å². The van der Waals surface area contributed by atoms with Gasteiger partial charge in [0.05, 0.1) is 39.4 Å². The molecule has 0 fully saturated rings. The Morgan fingerprint density at radius 1 is 1.17 bits per heavy atom. The lowest BCUT2D eigenvalue weighted by molar-refractivity contribution is -0.385. The normalized spacial score (nSPS) is 15.3. The van der Waals surface area contributed by atoms with Crippen LogP contribution in [0.3, 0.4) is 0 Å². The molecule has 0 saturated carbocycles. The quantitative estimate of drug-likeness (QED) is 0.231. The molecule has 0 saturated heterocycles. The molecule has 1 aromatic heterocycles. The number of para-hydroxylation sites is 1. The molecule has 0 spiro atoms. The van der Waals surface area contributed by atoms with Crippen molar-refractivity contribution < 1.29 is 24.0 Å². The molecule has 0 radical (unpaired) electrons. The summed E-state index contributed by atoms with van der Waals surface area (Å²) in [6.45, 7) is 2.93. The summed E-state index contributed by atoms with van der Waals surface area (Å²) in [5.41, 5.74) is 0.793. The van der Waals surface area contributed by atoms with Crippen molar-refractivity contribution in [3.05, 3.63) is 101 Å². The predicted molar refractivity (Wildman–Crippen MR) is 127 cm³/mol. The summed E-state index contributed by atoms with van der Waals surface area (Å²) < 4.78 is 11.6. The third-order valence-electron chi connectivity index (χ3n) is 5.30. The number of ether oxygens (including phenoxy) is 2. The first kappa shape index (κ1) is 23.8. The third-order valence-corrected chi connectivity index (χ3v) is 6.29. The van der Waals surface area contributed by atoms with Crippen LogP contribution in [0.25, 0.3) is 6.08 Å². The second kappa shape index (κ2) is 9.47. The molecular weight excluding hydrogens is 474 g/mol. The second-order valence-corrected chi connectivity index (χ2v) is 8.56. The van der Waals surface area contributed by atoms with E-state index in [1.54, 1.807) is 49.4 Å². The molecule has 10 nitrogen and oxygen atoms in total. The molecule has 3 aromatic rings. The molecule has 2 aromatic carbocycles. The average molecular weight is 493 g/mol. The van der Waals surface area contributed by atoms with Crippen LogP contribution in [0.2, 0.25) is 0 Å². The summed E-state index contributed by atoms with van der Waals surface area (Å²) in [5, 5.41) is 11.4. The lowest BCUT2D eigenvalue weighted by Crippen LogP contribution is -2.39. The van der Waals surface area contributed by atoms with Crippen LogP contribution < -0.4 is 19.6 Å². The van der Waals surface area contributed by atoms with Crippen LogP contribution in [-0.2, 0) is 14.3 Å². The lowest BCUT2D eigenvalue weighted by Gasteiger charge is -2.24. The minimum absolute atomic E-state index is 0.137. The van der Waals surface area contributed by atoms with Crippen LogP contribution in [0, 0.1) is 10.1 Å². The van der Waals surface area contributed by atoms with Gasteiger partial charge in [-0.3, -0.25) is 24.3 Å². The molecule has 2 heterocycles. The van der Waals surface area contributed by atoms with E-state index >= 15 is 0 Å². The Bertz CT molecular complexity index is 1570. The van der Waals surface area contributed by atoms with Crippen LogP contribution in [-0.4, -0.2) is 28.5 Å². The highest BCUT2D eigenvalue weighted by molar-refractivity contribution is 7.07. The molecule has 35 heavy (non-hydrogen) atoms. The van der Waals surface area contributed by atoms with Crippen LogP contribution in [0.5, 0.6) is 5.75 Å². The van der Waals surface area contributed by atoms with Crippen LogP contribution >= 0.6 is 11.3 Å². The van der Waals surface area contributed by atoms with Gasteiger partial charge in [0.25, 0.3) is 11.2 Å². The number of aromatic nitrogens is 1. The van der Waals surface area contributed by atoms with Crippen molar-refractivity contribution in [3.8, 4) is 5.75 Å². The number of hydrogen-bond acceptors (Lipinski definition) is 9. The van der Waals surface area contributed by atoms with Crippen molar-refractivity contribution in [2.75, 3.05) is 7.11 Å². The van der Waals surface area contributed by atoms with Gasteiger partial charge in [0.1, 0.15) is 5.75 Å². The first-order valence-corrected chi connectivity index (χ1v) is 11.2. The van der Waals surface area contributed by atoms with E-state index in [1.165, 1.54) is 30.7 Å². The summed E-state index contributed by atoms with van der Waals surface area (Å²) in [6.07, 6.45) is 1.44. The minimum atomic E-state index is -0.863. The van der Waals surface area contributed by atoms with Gasteiger partial charge in [-0.1, -0.05) is 35.6 Å². The van der Waals surface area contributed by atoms with Gasteiger partial charge >= 0.3 is 11.9 Å². The van der Waals surface area contributed by atoms with Gasteiger partial charge in [0, 0.05) is 13.0 Å². The van der Waals surface area contributed by atoms with Gasteiger partial charge in [-0.15, -0.1) is 0 Å². The monoisotopic (exact) mass is 493 g/mol. The first-order chi connectivity index (χ1) is 16.7. The third kappa shape index (κ3) is 4.53. The zero-order valence-corrected chi connectivity index (χ0v) is 19.7. The van der Waals surface area contributed by atoms with Crippen molar-refractivity contribution in [1.29, 1.82) is 0 Å². The number of methoxy groups -OCH3 is 1. The summed E-state index contributed by atoms with van der Waals surface area (Å²) in [6, 6.07) is 11.6. The zero-order chi connectivity index (χ0) is 25.3. The van der Waals surface area contributed by atoms with E-state index in [4.69, 9.17) is 9.47 Å². The summed E-state index contributed by atoms with van der Waals surface area (Å²) in [4.78, 5) is 53.2. The molecular formula is C24H19N3O7S. The number of hydrogen-bond donors (Lipinski definition) is 0. The van der Waals surface area contributed by atoms with E-state index in [0.717, 1.165) is 11.3 Å². The number of nitrogens with zero attached hydrogens (tertiary/aromatic N) is 3. The molecule has 0 bridgehead atoms. The topological polar surface area (TPSA) is 130 Å². The molecule has 0 amide bonds. The maximum Gasteiger partial charge on any atom is 0.338 e. The molecule has 178 valence electrons. The maximum atomic E-state index is 13.5. The number of carbonyl (C=O) groups excluding carboxylic acids is 2. The Labute approximate surface area is 202 Å². The van der Waals surface area contributed by atoms with Crippen molar-refractivity contribution in [3.63, 3.8) is 0 Å². The van der Waals surface area contributed by atoms with E-state index in [0.29, 0.717) is 21.8 Å². The highest BCUT2D eigenvalue weighted by atomic mass is 32.1. The van der Waals surface area contributed by atoms with Crippen LogP contribution in [0.4, 0.5) is 5.69 Å². The molecule has 0 aliphatic carbocycles. The summed E-state index contributed by atoms with van der Waals surface area (Å²) >= 11 is 1.06. The fourth-order valence-corrected chi connectivity index (χ4v) is 4.85. The van der Waals surface area contributed by atoms with Crippen molar-refractivity contribution in [2.45, 2.75) is 19.9 Å². The van der Waals surface area contributed by atoms with Gasteiger partial charge in [-0.05, 0) is 36.8 Å². The Morgan fingerprint density at radius 2 is 1.86 bits per heavy atom. The number of nitro groups is 1. The van der Waals surface area contributed by atoms with E-state index < -0.39 is 28.5 Å². The summed E-state index contributed by atoms with van der Waals surface area (Å²) in [7, 11) is 1.24. The second-order valence-electron chi connectivity index (χ2n) is 7.55. The smallest absolute Gasteiger partial charge is 0.338 e. The standard InChI is InChI=1S/C24H19N3O7S/c1-13-20(23(30)33-3)21(15-8-10-17(11-9-15)34-14(2)28)26-22(29)19(35-24(26)25-13)12-16-6-4-5-7-18(16)27(31)32/h4-12,21H,1-3H3/b19-12+/t21-/m1/s1. The predicted octanol–water partition coefficient (Wildman–Crippen LogP) is 2.24. The van der Waals surface area contributed by atoms with Crippen LogP contribution in [0.15, 0.2) is 69.6 Å². The highest BCUT2D eigenvalue weighted by Crippen LogP contribution is 2.31. The number of rotatable bonds is 5. The lowest BCUT2D eigenvalue weighted by atomic mass is 9.96. The van der Waals surface area contributed by atoms with E-state index in [2.05, 4.69) is 4.99 Å². The van der Waals surface area contributed by atoms with Gasteiger partial charge < -0.3 is 9.47 Å². The van der Waals surface area contributed by atoms with Gasteiger partial charge in [-0.2, -0.15) is 0 Å². The Balaban J connectivity index is 1.93. The Morgan fingerprint density at radius 3 is 2.49 bits per heavy atom. The van der Waals surface area contributed by atoms with Crippen molar-refractivity contribution in [1.82, 2.24) is 4.57 Å². The van der Waals surface area contributed by atoms with Crippen molar-refractivity contribution in [2.24, 2.45) is 4.99 Å². The molecule has 0 N–H and O–H groups in total. The first-order valence-electron chi connectivity index (χ1n) is 10.3.